The highest BCUT2D eigenvalue weighted by Gasteiger charge is 2.20. The minimum absolute atomic E-state index is 0.195. The molecule has 0 aromatic rings. The zero-order chi connectivity index (χ0) is 9.72. The lowest BCUT2D eigenvalue weighted by Crippen LogP contribution is -2.40. The maximum Gasteiger partial charge on any atom is 0.326 e. The van der Waals surface area contributed by atoms with E-state index in [0.717, 1.165) is 0 Å². The molecule has 5 heteroatoms. The van der Waals surface area contributed by atoms with Crippen molar-refractivity contribution in [3.05, 3.63) is 0 Å². The highest BCUT2D eigenvalue weighted by molar-refractivity contribution is 7.80. The van der Waals surface area contributed by atoms with Crippen LogP contribution in [0.15, 0.2) is 0 Å². The Morgan fingerprint density at radius 3 is 2.42 bits per heavy atom. The summed E-state index contributed by atoms with van der Waals surface area (Å²) in [6.07, 6.45) is 0.275. The molecule has 0 bridgehead atoms. The molecule has 0 saturated heterocycles. The molecule has 1 N–H and O–H groups in total. The first-order chi connectivity index (χ1) is 5.50. The molecule has 70 valence electrons. The Labute approximate surface area is 77.0 Å². The summed E-state index contributed by atoms with van der Waals surface area (Å²) in [4.78, 5) is 22.7. The monoisotopic (exact) mass is 191 g/mol. The van der Waals surface area contributed by atoms with Gasteiger partial charge < -0.3 is 10.0 Å². The van der Waals surface area contributed by atoms with Gasteiger partial charge in [0.2, 0.25) is 5.91 Å². The van der Waals surface area contributed by atoms with E-state index in [4.69, 9.17) is 5.11 Å². The fourth-order valence-electron chi connectivity index (χ4n) is 0.654. The van der Waals surface area contributed by atoms with E-state index in [0.29, 0.717) is 5.75 Å². The van der Waals surface area contributed by atoms with Gasteiger partial charge in [-0.05, 0) is 12.7 Å². The summed E-state index contributed by atoms with van der Waals surface area (Å²) < 4.78 is 0. The second kappa shape index (κ2) is 5.03. The normalized spacial score (nSPS) is 12.2. The molecule has 0 fully saturated rings. The summed E-state index contributed by atoms with van der Waals surface area (Å²) in [5.74, 6) is -0.750. The molecule has 0 spiro atoms. The number of hydrogen-bond acceptors (Lipinski definition) is 3. The second-order valence-electron chi connectivity index (χ2n) is 2.49. The van der Waals surface area contributed by atoms with E-state index < -0.39 is 12.0 Å². The van der Waals surface area contributed by atoms with Gasteiger partial charge in [-0.3, -0.25) is 4.79 Å². The fourth-order valence-corrected chi connectivity index (χ4v) is 0.845. The zero-order valence-corrected chi connectivity index (χ0v) is 8.04. The third-order valence-corrected chi connectivity index (χ3v) is 1.88. The number of aliphatic carboxylic acids is 1. The molecule has 0 aromatic carbocycles. The zero-order valence-electron chi connectivity index (χ0n) is 7.15. The number of carbonyl (C=O) groups is 2. The van der Waals surface area contributed by atoms with Crippen molar-refractivity contribution in [2.24, 2.45) is 0 Å². The summed E-state index contributed by atoms with van der Waals surface area (Å²) in [6.45, 7) is 1.47. The fraction of sp³-hybridized carbons (Fsp3) is 0.714. The van der Waals surface area contributed by atoms with Gasteiger partial charge in [0.25, 0.3) is 0 Å². The second-order valence-corrected chi connectivity index (χ2v) is 2.94. The van der Waals surface area contributed by atoms with Gasteiger partial charge in [0.05, 0.1) is 0 Å². The molecule has 12 heavy (non-hydrogen) atoms. The van der Waals surface area contributed by atoms with Gasteiger partial charge in [0.15, 0.2) is 0 Å². The van der Waals surface area contributed by atoms with Crippen LogP contribution in [0.25, 0.3) is 0 Å². The Balaban J connectivity index is 4.09. The Kier molecular flexibility index (Phi) is 4.73. The number of carbonyl (C=O) groups excluding carboxylic acids is 1. The van der Waals surface area contributed by atoms with E-state index in [9.17, 15) is 9.59 Å². The molecule has 0 aliphatic rings. The van der Waals surface area contributed by atoms with Crippen LogP contribution in [0, 0.1) is 0 Å². The molecule has 0 unspecified atom stereocenters. The largest absolute Gasteiger partial charge is 0.480 e. The predicted molar refractivity (Wildman–Crippen MR) is 48.3 cm³/mol. The first kappa shape index (κ1) is 11.3. The van der Waals surface area contributed by atoms with E-state index >= 15 is 0 Å². The highest BCUT2D eigenvalue weighted by atomic mass is 32.1. The summed E-state index contributed by atoms with van der Waals surface area (Å²) in [5.41, 5.74) is 0. The van der Waals surface area contributed by atoms with E-state index in [1.54, 1.807) is 0 Å². The van der Waals surface area contributed by atoms with Gasteiger partial charge in [0.1, 0.15) is 6.04 Å². The minimum atomic E-state index is -0.995. The topological polar surface area (TPSA) is 57.6 Å². The number of likely N-dealkylation sites (N-methyl/N-ethyl adjacent to an activating group) is 1. The Morgan fingerprint density at radius 2 is 2.08 bits per heavy atom. The van der Waals surface area contributed by atoms with Crippen molar-refractivity contribution in [3.63, 3.8) is 0 Å². The summed E-state index contributed by atoms with van der Waals surface area (Å²) in [7, 11) is 1.48. The average molecular weight is 191 g/mol. The summed E-state index contributed by atoms with van der Waals surface area (Å²) >= 11 is 3.88. The van der Waals surface area contributed by atoms with Crippen LogP contribution in [0.3, 0.4) is 0 Å². The van der Waals surface area contributed by atoms with Gasteiger partial charge >= 0.3 is 5.97 Å². The number of amides is 1. The Bertz CT molecular complexity index is 183. The standard InChI is InChI=1S/C7H13NO3S/c1-5(7(10)11)8(2)6(9)3-4-12/h5,12H,3-4H2,1-2H3,(H,10,11)/t5-/m0/s1. The first-order valence-electron chi connectivity index (χ1n) is 3.60. The number of carboxylic acid groups (broad SMARTS) is 1. The predicted octanol–water partition coefficient (Wildman–Crippen LogP) is 0.238. The lowest BCUT2D eigenvalue weighted by atomic mass is 10.3. The first-order valence-corrected chi connectivity index (χ1v) is 4.23. The number of hydrogen-bond donors (Lipinski definition) is 2. The van der Waals surface area contributed by atoms with Crippen LogP contribution in [0.2, 0.25) is 0 Å². The maximum atomic E-state index is 11.1. The Morgan fingerprint density at radius 1 is 1.58 bits per heavy atom. The van der Waals surface area contributed by atoms with Crippen LogP contribution in [0.4, 0.5) is 0 Å². The third-order valence-electron chi connectivity index (χ3n) is 1.66. The summed E-state index contributed by atoms with van der Waals surface area (Å²) in [5, 5.41) is 8.56. The SMILES string of the molecule is C[C@@H](C(=O)O)N(C)C(=O)CCS. The van der Waals surface area contributed by atoms with Crippen molar-refractivity contribution in [2.45, 2.75) is 19.4 Å². The summed E-state index contributed by atoms with van der Waals surface area (Å²) in [6, 6.07) is -0.766. The smallest absolute Gasteiger partial charge is 0.326 e. The van der Waals surface area contributed by atoms with Crippen LogP contribution in [-0.2, 0) is 9.59 Å². The average Bonchev–Trinajstić information content (AvgIpc) is 2.02. The molecular weight excluding hydrogens is 178 g/mol. The van der Waals surface area contributed by atoms with Crippen molar-refractivity contribution in [2.75, 3.05) is 12.8 Å². The lowest BCUT2D eigenvalue weighted by molar-refractivity contribution is -0.148. The molecule has 0 rings (SSSR count). The minimum Gasteiger partial charge on any atom is -0.480 e. The highest BCUT2D eigenvalue weighted by Crippen LogP contribution is 1.99. The third kappa shape index (κ3) is 3.13. The van der Waals surface area contributed by atoms with Crippen molar-refractivity contribution in [3.8, 4) is 0 Å². The molecule has 0 aromatic heterocycles. The van der Waals surface area contributed by atoms with Crippen molar-refractivity contribution in [1.29, 1.82) is 0 Å². The van der Waals surface area contributed by atoms with Crippen LogP contribution >= 0.6 is 12.6 Å². The van der Waals surface area contributed by atoms with Crippen LogP contribution in [0.5, 0.6) is 0 Å². The molecule has 1 atom stereocenters. The van der Waals surface area contributed by atoms with E-state index in [1.807, 2.05) is 0 Å². The number of carboxylic acids is 1. The lowest BCUT2D eigenvalue weighted by Gasteiger charge is -2.20. The quantitative estimate of drug-likeness (QED) is 0.626. The molecular formula is C7H13NO3S. The van der Waals surface area contributed by atoms with Gasteiger partial charge in [0, 0.05) is 13.5 Å². The van der Waals surface area contributed by atoms with Gasteiger partial charge in [-0.2, -0.15) is 12.6 Å². The molecule has 4 nitrogen and oxygen atoms in total. The van der Waals surface area contributed by atoms with Crippen LogP contribution < -0.4 is 0 Å². The van der Waals surface area contributed by atoms with Crippen molar-refractivity contribution in [1.82, 2.24) is 4.90 Å². The van der Waals surface area contributed by atoms with Crippen molar-refractivity contribution < 1.29 is 14.7 Å². The maximum absolute atomic E-state index is 11.1. The van der Waals surface area contributed by atoms with Gasteiger partial charge in [-0.15, -0.1) is 0 Å². The van der Waals surface area contributed by atoms with E-state index in [2.05, 4.69) is 12.6 Å². The molecule has 0 heterocycles. The van der Waals surface area contributed by atoms with Crippen LogP contribution in [-0.4, -0.2) is 40.7 Å². The number of rotatable bonds is 4. The van der Waals surface area contributed by atoms with Crippen LogP contribution in [0.1, 0.15) is 13.3 Å². The van der Waals surface area contributed by atoms with Gasteiger partial charge in [-0.25, -0.2) is 4.79 Å². The Hall–Kier alpha value is -0.710. The van der Waals surface area contributed by atoms with E-state index in [-0.39, 0.29) is 12.3 Å². The van der Waals surface area contributed by atoms with Gasteiger partial charge in [-0.1, -0.05) is 0 Å². The molecule has 0 aliphatic heterocycles. The molecule has 0 saturated carbocycles. The van der Waals surface area contributed by atoms with Crippen molar-refractivity contribution >= 4 is 24.5 Å². The number of nitrogens with zero attached hydrogens (tertiary/aromatic N) is 1. The van der Waals surface area contributed by atoms with E-state index in [1.165, 1.54) is 18.9 Å². The molecule has 0 radical (unpaired) electrons. The molecule has 0 aliphatic carbocycles. The molecule has 1 amide bonds. The number of thiol groups is 1.